The fourth-order valence-electron chi connectivity index (χ4n) is 2.92. The average Bonchev–Trinajstić information content (AvgIpc) is 3.06. The number of fused-ring (bicyclic) bond motifs is 1. The fraction of sp³-hybridized carbons (Fsp3) is 0.150. The van der Waals surface area contributed by atoms with Gasteiger partial charge in [-0.25, -0.2) is 14.2 Å². The lowest BCUT2D eigenvalue weighted by Gasteiger charge is -2.13. The molecular formula is C20H18FN5O3. The van der Waals surface area contributed by atoms with E-state index < -0.39 is 11.6 Å². The maximum absolute atomic E-state index is 14.6. The summed E-state index contributed by atoms with van der Waals surface area (Å²) in [7, 11) is 1.42. The van der Waals surface area contributed by atoms with Crippen LogP contribution in [-0.2, 0) is 0 Å². The lowest BCUT2D eigenvalue weighted by molar-refractivity contribution is 0.384. The van der Waals surface area contributed by atoms with Gasteiger partial charge in [-0.3, -0.25) is 4.98 Å². The van der Waals surface area contributed by atoms with Crippen LogP contribution in [-0.4, -0.2) is 22.1 Å². The van der Waals surface area contributed by atoms with Gasteiger partial charge in [-0.15, -0.1) is 0 Å². The van der Waals surface area contributed by atoms with Crippen molar-refractivity contribution in [2.24, 2.45) is 0 Å². The van der Waals surface area contributed by atoms with E-state index in [9.17, 15) is 9.18 Å². The van der Waals surface area contributed by atoms with Crippen LogP contribution in [0.4, 0.5) is 27.5 Å². The normalized spacial score (nSPS) is 10.9. The van der Waals surface area contributed by atoms with Crippen molar-refractivity contribution in [2.75, 3.05) is 17.7 Å². The first-order valence-electron chi connectivity index (χ1n) is 8.78. The molecule has 2 heterocycles. The van der Waals surface area contributed by atoms with E-state index in [0.29, 0.717) is 28.2 Å². The van der Waals surface area contributed by atoms with Gasteiger partial charge in [0, 0.05) is 17.4 Å². The van der Waals surface area contributed by atoms with Crippen LogP contribution in [0.2, 0.25) is 0 Å². The van der Waals surface area contributed by atoms with Crippen LogP contribution in [0.1, 0.15) is 11.1 Å². The highest BCUT2D eigenvalue weighted by molar-refractivity contribution is 5.78. The molecule has 2 aromatic heterocycles. The molecule has 0 aliphatic heterocycles. The molecule has 4 rings (SSSR count). The molecule has 3 N–H and O–H groups in total. The predicted molar refractivity (Wildman–Crippen MR) is 108 cm³/mol. The summed E-state index contributed by atoms with van der Waals surface area (Å²) in [5.74, 6) is -0.103. The third-order valence-electron chi connectivity index (χ3n) is 4.40. The van der Waals surface area contributed by atoms with E-state index in [4.69, 9.17) is 9.15 Å². The first-order chi connectivity index (χ1) is 13.9. The quantitative estimate of drug-likeness (QED) is 0.466. The average molecular weight is 395 g/mol. The van der Waals surface area contributed by atoms with Crippen LogP contribution in [0.5, 0.6) is 5.75 Å². The summed E-state index contributed by atoms with van der Waals surface area (Å²) in [6.07, 6.45) is 1.62. The molecule has 0 amide bonds. The number of aromatic amines is 1. The predicted octanol–water partition coefficient (Wildman–Crippen LogP) is 4.16. The van der Waals surface area contributed by atoms with Gasteiger partial charge < -0.3 is 19.8 Å². The van der Waals surface area contributed by atoms with Crippen molar-refractivity contribution in [3.8, 4) is 5.75 Å². The van der Waals surface area contributed by atoms with Crippen molar-refractivity contribution in [3.63, 3.8) is 0 Å². The van der Waals surface area contributed by atoms with Gasteiger partial charge in [-0.1, -0.05) is 6.07 Å². The molecule has 0 aliphatic carbocycles. The molecule has 0 saturated carbocycles. The molecule has 0 unspecified atom stereocenters. The van der Waals surface area contributed by atoms with Gasteiger partial charge in [0.05, 0.1) is 18.3 Å². The van der Waals surface area contributed by atoms with E-state index in [1.807, 2.05) is 6.92 Å². The van der Waals surface area contributed by atoms with Crippen molar-refractivity contribution in [1.29, 1.82) is 0 Å². The van der Waals surface area contributed by atoms with E-state index in [0.717, 1.165) is 5.56 Å². The van der Waals surface area contributed by atoms with Crippen LogP contribution in [0.3, 0.4) is 0 Å². The molecular weight excluding hydrogens is 377 g/mol. The van der Waals surface area contributed by atoms with Gasteiger partial charge >= 0.3 is 5.76 Å². The van der Waals surface area contributed by atoms with Crippen molar-refractivity contribution >= 4 is 34.2 Å². The van der Waals surface area contributed by atoms with Crippen molar-refractivity contribution < 1.29 is 13.5 Å². The molecule has 9 heteroatoms. The molecule has 0 spiro atoms. The molecule has 29 heavy (non-hydrogen) atoms. The summed E-state index contributed by atoms with van der Waals surface area (Å²) in [6.45, 7) is 3.61. The van der Waals surface area contributed by atoms with Gasteiger partial charge in [0.15, 0.2) is 17.1 Å². The Morgan fingerprint density at radius 1 is 1.14 bits per heavy atom. The molecule has 4 aromatic rings. The Balaban J connectivity index is 1.63. The Labute approximate surface area is 164 Å². The van der Waals surface area contributed by atoms with E-state index >= 15 is 0 Å². The highest BCUT2D eigenvalue weighted by atomic mass is 19.1. The second kappa shape index (κ2) is 7.27. The van der Waals surface area contributed by atoms with Gasteiger partial charge in [0.1, 0.15) is 5.82 Å². The number of anilines is 4. The Kier molecular flexibility index (Phi) is 4.63. The standard InChI is InChI=1S/C20H18FN5O3/c1-10-4-6-13(16(21)17(10)28-3)24-19-22-9-11(2)18(26-19)23-12-5-7-15-14(8-12)25-20(27)29-15/h4-9H,1-3H3,(H,25,27)(H2,22,23,24,26). The van der Waals surface area contributed by atoms with E-state index in [1.54, 1.807) is 43.5 Å². The van der Waals surface area contributed by atoms with E-state index in [2.05, 4.69) is 25.6 Å². The van der Waals surface area contributed by atoms with E-state index in [1.165, 1.54) is 7.11 Å². The summed E-state index contributed by atoms with van der Waals surface area (Å²) < 4.78 is 24.7. The molecule has 148 valence electrons. The minimum absolute atomic E-state index is 0.169. The largest absolute Gasteiger partial charge is 0.493 e. The number of halogens is 1. The number of rotatable bonds is 5. The number of nitrogens with zero attached hydrogens (tertiary/aromatic N) is 2. The fourth-order valence-corrected chi connectivity index (χ4v) is 2.92. The highest BCUT2D eigenvalue weighted by Crippen LogP contribution is 2.30. The number of oxazole rings is 1. The monoisotopic (exact) mass is 395 g/mol. The number of ether oxygens (including phenoxy) is 1. The first kappa shape index (κ1) is 18.5. The zero-order valence-electron chi connectivity index (χ0n) is 16.0. The molecule has 0 radical (unpaired) electrons. The summed E-state index contributed by atoms with van der Waals surface area (Å²) >= 11 is 0. The summed E-state index contributed by atoms with van der Waals surface area (Å²) in [4.78, 5) is 22.6. The summed E-state index contributed by atoms with van der Waals surface area (Å²) in [6, 6.07) is 8.53. The van der Waals surface area contributed by atoms with Crippen LogP contribution in [0, 0.1) is 19.7 Å². The number of methoxy groups -OCH3 is 1. The van der Waals surface area contributed by atoms with Crippen molar-refractivity contribution in [1.82, 2.24) is 15.0 Å². The molecule has 0 fully saturated rings. The second-order valence-electron chi connectivity index (χ2n) is 6.48. The Hall–Kier alpha value is -3.88. The molecule has 2 aromatic carbocycles. The zero-order chi connectivity index (χ0) is 20.5. The number of hydrogen-bond acceptors (Lipinski definition) is 7. The first-order valence-corrected chi connectivity index (χ1v) is 8.78. The van der Waals surface area contributed by atoms with Crippen LogP contribution in [0.25, 0.3) is 11.1 Å². The third kappa shape index (κ3) is 3.62. The van der Waals surface area contributed by atoms with Gasteiger partial charge in [0.25, 0.3) is 0 Å². The van der Waals surface area contributed by atoms with Crippen molar-refractivity contribution in [2.45, 2.75) is 13.8 Å². The zero-order valence-corrected chi connectivity index (χ0v) is 16.0. The molecule has 8 nitrogen and oxygen atoms in total. The second-order valence-corrected chi connectivity index (χ2v) is 6.48. The van der Waals surface area contributed by atoms with Crippen LogP contribution >= 0.6 is 0 Å². The van der Waals surface area contributed by atoms with Crippen LogP contribution in [0.15, 0.2) is 45.7 Å². The number of H-pyrrole nitrogens is 1. The number of aryl methyl sites for hydroxylation is 2. The summed E-state index contributed by atoms with van der Waals surface area (Å²) in [5, 5.41) is 6.05. The molecule has 0 atom stereocenters. The minimum Gasteiger partial charge on any atom is -0.493 e. The number of nitrogens with one attached hydrogen (secondary N) is 3. The van der Waals surface area contributed by atoms with Gasteiger partial charge in [-0.2, -0.15) is 4.98 Å². The van der Waals surface area contributed by atoms with Crippen LogP contribution < -0.4 is 21.1 Å². The SMILES string of the molecule is COc1c(C)ccc(Nc2ncc(C)c(Nc3ccc4oc(=O)[nH]c4c3)n2)c1F. The molecule has 0 saturated heterocycles. The van der Waals surface area contributed by atoms with Gasteiger partial charge in [0.2, 0.25) is 5.95 Å². The Morgan fingerprint density at radius 3 is 2.76 bits per heavy atom. The topological polar surface area (TPSA) is 105 Å². The third-order valence-corrected chi connectivity index (χ3v) is 4.40. The molecule has 0 aliphatic rings. The minimum atomic E-state index is -0.516. The number of benzene rings is 2. The van der Waals surface area contributed by atoms with E-state index in [-0.39, 0.29) is 17.4 Å². The lowest BCUT2D eigenvalue weighted by Crippen LogP contribution is -2.04. The maximum atomic E-state index is 14.6. The maximum Gasteiger partial charge on any atom is 0.417 e. The van der Waals surface area contributed by atoms with Crippen molar-refractivity contribution in [3.05, 3.63) is 64.0 Å². The summed E-state index contributed by atoms with van der Waals surface area (Å²) in [5.41, 5.74) is 3.42. The Morgan fingerprint density at radius 2 is 1.97 bits per heavy atom. The lowest BCUT2D eigenvalue weighted by atomic mass is 10.2. The Bertz CT molecular complexity index is 1260. The number of aromatic nitrogens is 3. The smallest absolute Gasteiger partial charge is 0.417 e. The number of hydrogen-bond donors (Lipinski definition) is 3. The highest BCUT2D eigenvalue weighted by Gasteiger charge is 2.14. The van der Waals surface area contributed by atoms with Gasteiger partial charge in [-0.05, 0) is 43.7 Å². The molecule has 0 bridgehead atoms.